The molecule has 0 spiro atoms. The SMILES string of the molecule is Cc1cc2nc(CCNC(=O)CN3C(=O)NC(C)(c4ccccc4)C3=O)[nH]c2cc1C. The second kappa shape index (κ2) is 7.86. The molecule has 1 fully saturated rings. The molecule has 0 aliphatic carbocycles. The summed E-state index contributed by atoms with van der Waals surface area (Å²) < 4.78 is 0. The van der Waals surface area contributed by atoms with Crippen LogP contribution in [0.1, 0.15) is 29.4 Å². The van der Waals surface area contributed by atoms with Crippen LogP contribution in [0, 0.1) is 13.8 Å². The minimum atomic E-state index is -1.18. The highest BCUT2D eigenvalue weighted by molar-refractivity contribution is 6.09. The van der Waals surface area contributed by atoms with Gasteiger partial charge in [-0.1, -0.05) is 30.3 Å². The fourth-order valence-corrected chi connectivity index (χ4v) is 3.77. The summed E-state index contributed by atoms with van der Waals surface area (Å²) in [5, 5.41) is 5.46. The Morgan fingerprint density at radius 2 is 1.84 bits per heavy atom. The molecule has 31 heavy (non-hydrogen) atoms. The Morgan fingerprint density at radius 3 is 2.58 bits per heavy atom. The van der Waals surface area contributed by atoms with E-state index >= 15 is 0 Å². The summed E-state index contributed by atoms with van der Waals surface area (Å²) in [6.45, 7) is 5.75. The number of H-pyrrole nitrogens is 1. The Hall–Kier alpha value is -3.68. The second-order valence-corrected chi connectivity index (χ2v) is 8.05. The maximum Gasteiger partial charge on any atom is 0.325 e. The number of benzene rings is 2. The van der Waals surface area contributed by atoms with Crippen molar-refractivity contribution in [3.8, 4) is 0 Å². The Kier molecular flexibility index (Phi) is 5.22. The van der Waals surface area contributed by atoms with Crippen molar-refractivity contribution in [3.63, 3.8) is 0 Å². The lowest BCUT2D eigenvalue weighted by molar-refractivity contribution is -0.134. The van der Waals surface area contributed by atoms with Gasteiger partial charge in [0.05, 0.1) is 11.0 Å². The standard InChI is InChI=1S/C23H25N5O3/c1-14-11-17-18(12-15(14)2)26-19(25-17)9-10-24-20(29)13-28-21(30)23(3,27-22(28)31)16-7-5-4-6-8-16/h4-8,11-12H,9-10,13H2,1-3H3,(H,24,29)(H,25,26)(H,27,31). The third kappa shape index (κ3) is 3.88. The first kappa shape index (κ1) is 20.6. The van der Waals surface area contributed by atoms with Crippen LogP contribution >= 0.6 is 0 Å². The van der Waals surface area contributed by atoms with Gasteiger partial charge in [0.15, 0.2) is 0 Å². The van der Waals surface area contributed by atoms with Gasteiger partial charge in [0, 0.05) is 13.0 Å². The van der Waals surface area contributed by atoms with Gasteiger partial charge >= 0.3 is 6.03 Å². The number of hydrogen-bond acceptors (Lipinski definition) is 4. The van der Waals surface area contributed by atoms with E-state index in [4.69, 9.17) is 0 Å². The largest absolute Gasteiger partial charge is 0.354 e. The van der Waals surface area contributed by atoms with Gasteiger partial charge in [0.25, 0.3) is 5.91 Å². The van der Waals surface area contributed by atoms with Crippen LogP contribution in [0.3, 0.4) is 0 Å². The van der Waals surface area contributed by atoms with Crippen LogP contribution in [0.2, 0.25) is 0 Å². The molecule has 4 amide bonds. The highest BCUT2D eigenvalue weighted by Crippen LogP contribution is 2.28. The number of amides is 4. The first-order valence-corrected chi connectivity index (χ1v) is 10.2. The summed E-state index contributed by atoms with van der Waals surface area (Å²) in [6, 6.07) is 12.5. The average Bonchev–Trinajstić information content (AvgIpc) is 3.22. The van der Waals surface area contributed by atoms with E-state index in [9.17, 15) is 14.4 Å². The highest BCUT2D eigenvalue weighted by Gasteiger charge is 2.49. The van der Waals surface area contributed by atoms with E-state index in [0.29, 0.717) is 18.5 Å². The van der Waals surface area contributed by atoms with Crippen LogP contribution in [0.15, 0.2) is 42.5 Å². The Morgan fingerprint density at radius 1 is 1.13 bits per heavy atom. The molecule has 8 heteroatoms. The van der Waals surface area contributed by atoms with Crippen molar-refractivity contribution in [1.29, 1.82) is 0 Å². The molecule has 2 heterocycles. The first-order chi connectivity index (χ1) is 14.8. The molecular weight excluding hydrogens is 394 g/mol. The molecule has 2 aromatic carbocycles. The summed E-state index contributed by atoms with van der Waals surface area (Å²) in [4.78, 5) is 46.4. The molecule has 1 saturated heterocycles. The van der Waals surface area contributed by atoms with E-state index in [1.807, 2.05) is 26.0 Å². The third-order valence-electron chi connectivity index (χ3n) is 5.76. The highest BCUT2D eigenvalue weighted by atomic mass is 16.2. The van der Waals surface area contributed by atoms with Crippen molar-refractivity contribution in [1.82, 2.24) is 25.5 Å². The van der Waals surface area contributed by atoms with Crippen LogP contribution in [0.5, 0.6) is 0 Å². The molecule has 160 valence electrons. The predicted molar refractivity (Wildman–Crippen MR) is 116 cm³/mol. The average molecular weight is 419 g/mol. The number of aryl methyl sites for hydroxylation is 2. The molecule has 1 aliphatic rings. The summed E-state index contributed by atoms with van der Waals surface area (Å²) >= 11 is 0. The number of aromatic nitrogens is 2. The van der Waals surface area contributed by atoms with E-state index in [-0.39, 0.29) is 6.54 Å². The monoisotopic (exact) mass is 419 g/mol. The normalized spacial score (nSPS) is 18.5. The number of aromatic amines is 1. The number of imidazole rings is 1. The molecule has 1 atom stereocenters. The zero-order valence-electron chi connectivity index (χ0n) is 17.8. The Balaban J connectivity index is 1.35. The molecule has 3 N–H and O–H groups in total. The van der Waals surface area contributed by atoms with Crippen LogP contribution in [-0.4, -0.2) is 45.8 Å². The number of urea groups is 1. The van der Waals surface area contributed by atoms with Crippen molar-refractivity contribution in [3.05, 3.63) is 65.0 Å². The second-order valence-electron chi connectivity index (χ2n) is 8.05. The molecule has 8 nitrogen and oxygen atoms in total. The van der Waals surface area contributed by atoms with Crippen LogP contribution in [-0.2, 0) is 21.5 Å². The fourth-order valence-electron chi connectivity index (χ4n) is 3.77. The summed E-state index contributed by atoms with van der Waals surface area (Å²) in [7, 11) is 0. The zero-order valence-corrected chi connectivity index (χ0v) is 17.8. The maximum atomic E-state index is 12.9. The van der Waals surface area contributed by atoms with Crippen LogP contribution in [0.4, 0.5) is 4.79 Å². The maximum absolute atomic E-state index is 12.9. The first-order valence-electron chi connectivity index (χ1n) is 10.2. The van der Waals surface area contributed by atoms with Crippen molar-refractivity contribution in [2.45, 2.75) is 32.7 Å². The number of carbonyl (C=O) groups excluding carboxylic acids is 3. The summed E-state index contributed by atoms with van der Waals surface area (Å²) in [5.41, 5.74) is 3.71. The van der Waals surface area contributed by atoms with Crippen molar-refractivity contribution in [2.24, 2.45) is 0 Å². The van der Waals surface area contributed by atoms with Gasteiger partial charge in [-0.2, -0.15) is 0 Å². The lowest BCUT2D eigenvalue weighted by Crippen LogP contribution is -2.43. The number of fused-ring (bicyclic) bond motifs is 1. The van der Waals surface area contributed by atoms with Crippen molar-refractivity contribution >= 4 is 28.9 Å². The number of hydrogen-bond donors (Lipinski definition) is 3. The van der Waals surface area contributed by atoms with E-state index in [1.165, 1.54) is 11.1 Å². The van der Waals surface area contributed by atoms with Gasteiger partial charge in [0.2, 0.25) is 5.91 Å². The Labute approximate surface area is 180 Å². The van der Waals surface area contributed by atoms with Gasteiger partial charge in [0.1, 0.15) is 17.9 Å². The van der Waals surface area contributed by atoms with Gasteiger partial charge in [-0.3, -0.25) is 14.5 Å². The lowest BCUT2D eigenvalue weighted by atomic mass is 9.92. The van der Waals surface area contributed by atoms with Crippen LogP contribution in [0.25, 0.3) is 11.0 Å². The third-order valence-corrected chi connectivity index (χ3v) is 5.76. The summed E-state index contributed by atoms with van der Waals surface area (Å²) in [6.07, 6.45) is 0.514. The number of nitrogens with one attached hydrogen (secondary N) is 3. The van der Waals surface area contributed by atoms with E-state index in [2.05, 4.69) is 26.7 Å². The van der Waals surface area contributed by atoms with Gasteiger partial charge in [-0.05, 0) is 49.6 Å². The quantitative estimate of drug-likeness (QED) is 0.533. The molecule has 0 bridgehead atoms. The molecule has 1 aromatic heterocycles. The number of nitrogens with zero attached hydrogens (tertiary/aromatic N) is 2. The smallest absolute Gasteiger partial charge is 0.325 e. The zero-order chi connectivity index (χ0) is 22.2. The molecule has 4 rings (SSSR count). The molecule has 1 unspecified atom stereocenters. The predicted octanol–water partition coefficient (Wildman–Crippen LogP) is 2.31. The molecule has 0 saturated carbocycles. The van der Waals surface area contributed by atoms with E-state index in [0.717, 1.165) is 21.8 Å². The van der Waals surface area contributed by atoms with Crippen molar-refractivity contribution < 1.29 is 14.4 Å². The van der Waals surface area contributed by atoms with Gasteiger partial charge in [-0.25, -0.2) is 9.78 Å². The van der Waals surface area contributed by atoms with E-state index < -0.39 is 23.4 Å². The van der Waals surface area contributed by atoms with Gasteiger partial charge < -0.3 is 15.6 Å². The fraction of sp³-hybridized carbons (Fsp3) is 0.304. The molecular formula is C23H25N5O3. The minimum absolute atomic E-state index is 0.328. The summed E-state index contributed by atoms with van der Waals surface area (Å²) in [5.74, 6) is -0.0718. The van der Waals surface area contributed by atoms with Crippen LogP contribution < -0.4 is 10.6 Å². The number of imide groups is 1. The van der Waals surface area contributed by atoms with E-state index in [1.54, 1.807) is 31.2 Å². The molecule has 3 aromatic rings. The van der Waals surface area contributed by atoms with Crippen molar-refractivity contribution in [2.75, 3.05) is 13.1 Å². The van der Waals surface area contributed by atoms with Gasteiger partial charge in [-0.15, -0.1) is 0 Å². The Bertz CT molecular complexity index is 1130. The molecule has 0 radical (unpaired) electrons. The topological polar surface area (TPSA) is 107 Å². The number of carbonyl (C=O) groups is 3. The molecule has 1 aliphatic heterocycles. The minimum Gasteiger partial charge on any atom is -0.354 e. The number of rotatable bonds is 6. The lowest BCUT2D eigenvalue weighted by Gasteiger charge is -2.22.